The Morgan fingerprint density at radius 1 is 1.78 bits per heavy atom. The molecule has 0 bridgehead atoms. The normalized spacial score (nSPS) is 27.7. The Kier molecular flexibility index (Phi) is 2.39. The summed E-state index contributed by atoms with van der Waals surface area (Å²) in [5, 5.41) is 0.110. The van der Waals surface area contributed by atoms with Crippen molar-refractivity contribution in [3.05, 3.63) is 0 Å². The van der Waals surface area contributed by atoms with Crippen LogP contribution < -0.4 is 0 Å². The zero-order valence-electron chi connectivity index (χ0n) is 5.42. The van der Waals surface area contributed by atoms with E-state index in [1.54, 1.807) is 11.8 Å². The van der Waals surface area contributed by atoms with E-state index in [-0.39, 0.29) is 11.2 Å². The third kappa shape index (κ3) is 1.61. The van der Waals surface area contributed by atoms with Crippen molar-refractivity contribution in [2.45, 2.75) is 18.1 Å². The molecule has 0 amide bonds. The Morgan fingerprint density at radius 3 is 3.00 bits per heavy atom. The zero-order chi connectivity index (χ0) is 6.69. The predicted molar refractivity (Wildman–Crippen MR) is 37.5 cm³/mol. The molecule has 0 aliphatic carbocycles. The van der Waals surface area contributed by atoms with Gasteiger partial charge in [0.15, 0.2) is 0 Å². The zero-order valence-corrected chi connectivity index (χ0v) is 6.24. The monoisotopic (exact) mass is 146 g/mol. The van der Waals surface area contributed by atoms with Crippen LogP contribution in [0, 0.1) is 0 Å². The number of carbonyl (C=O) groups excluding carboxylic acids is 1. The highest BCUT2D eigenvalue weighted by atomic mass is 32.2. The molecule has 52 valence electrons. The SMILES string of the molecule is CSC1CCCOC1=O. The molecule has 1 fully saturated rings. The third-order valence-electron chi connectivity index (χ3n) is 1.40. The molecule has 0 aromatic carbocycles. The van der Waals surface area contributed by atoms with E-state index in [1.165, 1.54) is 0 Å². The average molecular weight is 146 g/mol. The summed E-state index contributed by atoms with van der Waals surface area (Å²) in [7, 11) is 0. The van der Waals surface area contributed by atoms with Crippen molar-refractivity contribution in [1.29, 1.82) is 0 Å². The van der Waals surface area contributed by atoms with E-state index in [1.807, 2.05) is 6.26 Å². The molecule has 3 heteroatoms. The third-order valence-corrected chi connectivity index (χ3v) is 2.40. The highest BCUT2D eigenvalue weighted by Gasteiger charge is 2.21. The maximum Gasteiger partial charge on any atom is 0.319 e. The van der Waals surface area contributed by atoms with Crippen molar-refractivity contribution in [3.63, 3.8) is 0 Å². The Bertz CT molecular complexity index is 114. The van der Waals surface area contributed by atoms with E-state index in [2.05, 4.69) is 0 Å². The first-order chi connectivity index (χ1) is 4.34. The quantitative estimate of drug-likeness (QED) is 0.517. The molecule has 0 N–H and O–H groups in total. The van der Waals surface area contributed by atoms with Crippen molar-refractivity contribution in [2.75, 3.05) is 12.9 Å². The number of carbonyl (C=O) groups is 1. The van der Waals surface area contributed by atoms with Crippen LogP contribution in [0.3, 0.4) is 0 Å². The fourth-order valence-electron chi connectivity index (χ4n) is 0.866. The lowest BCUT2D eigenvalue weighted by Gasteiger charge is -2.18. The standard InChI is InChI=1S/C6H10O2S/c1-9-5-3-2-4-8-6(5)7/h5H,2-4H2,1H3. The molecule has 1 saturated heterocycles. The molecule has 1 aliphatic heterocycles. The van der Waals surface area contributed by atoms with E-state index in [9.17, 15) is 4.79 Å². The second-order valence-corrected chi connectivity index (χ2v) is 3.07. The fourth-order valence-corrected chi connectivity index (χ4v) is 1.53. The maximum atomic E-state index is 10.8. The van der Waals surface area contributed by atoms with E-state index < -0.39 is 0 Å². The van der Waals surface area contributed by atoms with Crippen LogP contribution in [0.2, 0.25) is 0 Å². The summed E-state index contributed by atoms with van der Waals surface area (Å²) < 4.78 is 4.82. The van der Waals surface area contributed by atoms with Crippen LogP contribution in [0.15, 0.2) is 0 Å². The molecule has 0 saturated carbocycles. The molecule has 1 rings (SSSR count). The van der Waals surface area contributed by atoms with Crippen molar-refractivity contribution in [1.82, 2.24) is 0 Å². The molecule has 0 spiro atoms. The van der Waals surface area contributed by atoms with Gasteiger partial charge in [-0.05, 0) is 19.1 Å². The minimum atomic E-state index is -0.0336. The Hall–Kier alpha value is -0.180. The van der Waals surface area contributed by atoms with Crippen molar-refractivity contribution < 1.29 is 9.53 Å². The second kappa shape index (κ2) is 3.11. The van der Waals surface area contributed by atoms with Gasteiger partial charge in [0.2, 0.25) is 0 Å². The number of ether oxygens (including phenoxy) is 1. The van der Waals surface area contributed by atoms with Gasteiger partial charge in [-0.1, -0.05) is 0 Å². The number of thioether (sulfide) groups is 1. The lowest BCUT2D eigenvalue weighted by atomic mass is 10.2. The average Bonchev–Trinajstić information content (AvgIpc) is 1.89. The lowest BCUT2D eigenvalue weighted by molar-refractivity contribution is -0.145. The van der Waals surface area contributed by atoms with Gasteiger partial charge in [-0.15, -0.1) is 0 Å². The topological polar surface area (TPSA) is 26.3 Å². The van der Waals surface area contributed by atoms with Gasteiger partial charge in [-0.25, -0.2) is 0 Å². The number of esters is 1. The highest BCUT2D eigenvalue weighted by Crippen LogP contribution is 2.18. The minimum Gasteiger partial charge on any atom is -0.465 e. The number of cyclic esters (lactones) is 1. The Labute approximate surface area is 59.0 Å². The first-order valence-corrected chi connectivity index (χ1v) is 4.33. The van der Waals surface area contributed by atoms with E-state index in [0.29, 0.717) is 6.61 Å². The molecular weight excluding hydrogens is 136 g/mol. The summed E-state index contributed by atoms with van der Waals surface area (Å²) >= 11 is 1.58. The van der Waals surface area contributed by atoms with Gasteiger partial charge in [0.1, 0.15) is 5.25 Å². The largest absolute Gasteiger partial charge is 0.465 e. The van der Waals surface area contributed by atoms with Crippen LogP contribution in [0.25, 0.3) is 0 Å². The predicted octanol–water partition coefficient (Wildman–Crippen LogP) is 1.05. The van der Waals surface area contributed by atoms with E-state index in [4.69, 9.17) is 4.74 Å². The van der Waals surface area contributed by atoms with Gasteiger partial charge in [0.25, 0.3) is 0 Å². The highest BCUT2D eigenvalue weighted by molar-refractivity contribution is 7.99. The molecule has 1 unspecified atom stereocenters. The molecule has 1 atom stereocenters. The summed E-state index contributed by atoms with van der Waals surface area (Å²) in [6, 6.07) is 0. The van der Waals surface area contributed by atoms with Gasteiger partial charge in [-0.3, -0.25) is 4.79 Å². The van der Waals surface area contributed by atoms with Crippen LogP contribution in [-0.2, 0) is 9.53 Å². The van der Waals surface area contributed by atoms with Crippen molar-refractivity contribution in [3.8, 4) is 0 Å². The number of hydrogen-bond acceptors (Lipinski definition) is 3. The lowest BCUT2D eigenvalue weighted by Crippen LogP contribution is -2.25. The first kappa shape index (κ1) is 6.93. The van der Waals surface area contributed by atoms with E-state index in [0.717, 1.165) is 12.8 Å². The minimum absolute atomic E-state index is 0.0336. The van der Waals surface area contributed by atoms with Crippen LogP contribution in [0.5, 0.6) is 0 Å². The molecule has 0 aromatic rings. The van der Waals surface area contributed by atoms with Gasteiger partial charge in [0.05, 0.1) is 6.61 Å². The van der Waals surface area contributed by atoms with Gasteiger partial charge < -0.3 is 4.74 Å². The Balaban J connectivity index is 2.39. The smallest absolute Gasteiger partial charge is 0.319 e. The maximum absolute atomic E-state index is 10.8. The summed E-state index contributed by atoms with van der Waals surface area (Å²) in [5.74, 6) is -0.0336. The van der Waals surface area contributed by atoms with Gasteiger partial charge in [0, 0.05) is 0 Å². The van der Waals surface area contributed by atoms with Crippen molar-refractivity contribution in [2.24, 2.45) is 0 Å². The van der Waals surface area contributed by atoms with Gasteiger partial charge in [-0.2, -0.15) is 11.8 Å². The molecule has 1 heterocycles. The van der Waals surface area contributed by atoms with Gasteiger partial charge >= 0.3 is 5.97 Å². The molecular formula is C6H10O2S. The summed E-state index contributed by atoms with van der Waals surface area (Å²) in [6.45, 7) is 0.621. The number of hydrogen-bond donors (Lipinski definition) is 0. The van der Waals surface area contributed by atoms with Crippen LogP contribution in [0.4, 0.5) is 0 Å². The Morgan fingerprint density at radius 2 is 2.56 bits per heavy atom. The number of rotatable bonds is 1. The molecule has 0 aromatic heterocycles. The molecule has 9 heavy (non-hydrogen) atoms. The molecule has 2 nitrogen and oxygen atoms in total. The summed E-state index contributed by atoms with van der Waals surface area (Å²) in [6.07, 6.45) is 3.95. The first-order valence-electron chi connectivity index (χ1n) is 3.04. The van der Waals surface area contributed by atoms with Crippen LogP contribution in [0.1, 0.15) is 12.8 Å². The van der Waals surface area contributed by atoms with Crippen molar-refractivity contribution >= 4 is 17.7 Å². The fraction of sp³-hybridized carbons (Fsp3) is 0.833. The van der Waals surface area contributed by atoms with Crippen LogP contribution in [-0.4, -0.2) is 24.1 Å². The van der Waals surface area contributed by atoms with E-state index >= 15 is 0 Å². The summed E-state index contributed by atoms with van der Waals surface area (Å²) in [5.41, 5.74) is 0. The second-order valence-electron chi connectivity index (χ2n) is 2.03. The summed E-state index contributed by atoms with van der Waals surface area (Å²) in [4.78, 5) is 10.8. The molecule has 1 aliphatic rings. The van der Waals surface area contributed by atoms with Crippen LogP contribution >= 0.6 is 11.8 Å². The molecule has 0 radical (unpaired) electrons.